The molecule has 2 amide bonds. The highest BCUT2D eigenvalue weighted by atomic mass is 16.5. The zero-order valence-electron chi connectivity index (χ0n) is 15.3. The second kappa shape index (κ2) is 8.54. The molecule has 1 aromatic carbocycles. The Morgan fingerprint density at radius 3 is 2.62 bits per heavy atom. The summed E-state index contributed by atoms with van der Waals surface area (Å²) in [6.07, 6.45) is 5.79. The van der Waals surface area contributed by atoms with E-state index in [0.717, 1.165) is 38.5 Å². The number of benzene rings is 1. The van der Waals surface area contributed by atoms with Crippen molar-refractivity contribution in [1.29, 1.82) is 0 Å². The van der Waals surface area contributed by atoms with Gasteiger partial charge in [0.1, 0.15) is 5.75 Å². The van der Waals surface area contributed by atoms with Crippen LogP contribution in [0, 0.1) is 5.92 Å². The van der Waals surface area contributed by atoms with Crippen molar-refractivity contribution in [2.24, 2.45) is 11.7 Å². The van der Waals surface area contributed by atoms with Crippen molar-refractivity contribution in [1.82, 2.24) is 10.2 Å². The number of hydrogen-bond acceptors (Lipinski definition) is 4. The van der Waals surface area contributed by atoms with E-state index in [1.54, 1.807) is 4.90 Å². The fourth-order valence-electron chi connectivity index (χ4n) is 3.97. The molecule has 26 heavy (non-hydrogen) atoms. The molecule has 0 radical (unpaired) electrons. The summed E-state index contributed by atoms with van der Waals surface area (Å²) in [7, 11) is 0. The van der Waals surface area contributed by atoms with Crippen LogP contribution in [0.3, 0.4) is 0 Å². The largest absolute Gasteiger partial charge is 0.484 e. The maximum Gasteiger partial charge on any atom is 0.260 e. The molecule has 1 saturated carbocycles. The molecule has 142 valence electrons. The molecule has 1 unspecified atom stereocenters. The minimum Gasteiger partial charge on any atom is -0.484 e. The molecule has 2 fully saturated rings. The summed E-state index contributed by atoms with van der Waals surface area (Å²) in [4.78, 5) is 26.9. The molecular formula is C20H29N3O3. The van der Waals surface area contributed by atoms with Gasteiger partial charge in [0.05, 0.1) is 11.5 Å². The zero-order valence-corrected chi connectivity index (χ0v) is 15.3. The van der Waals surface area contributed by atoms with Gasteiger partial charge in [0.15, 0.2) is 6.61 Å². The van der Waals surface area contributed by atoms with Crippen LogP contribution in [-0.2, 0) is 9.59 Å². The van der Waals surface area contributed by atoms with E-state index >= 15 is 0 Å². The van der Waals surface area contributed by atoms with Crippen LogP contribution in [0.1, 0.15) is 38.5 Å². The Balaban J connectivity index is 1.51. The summed E-state index contributed by atoms with van der Waals surface area (Å²) in [6, 6.07) is 9.30. The molecule has 1 atom stereocenters. The number of carbonyl (C=O) groups excluding carboxylic acids is 2. The van der Waals surface area contributed by atoms with E-state index < -0.39 is 0 Å². The van der Waals surface area contributed by atoms with Gasteiger partial charge in [-0.15, -0.1) is 0 Å². The zero-order chi connectivity index (χ0) is 18.4. The SMILES string of the molecule is NCC1(NC(=O)C2CCCN(C(=O)COc3ccccc3)C2)CCCC1. The van der Waals surface area contributed by atoms with Crippen molar-refractivity contribution in [2.45, 2.75) is 44.1 Å². The Labute approximate surface area is 155 Å². The fourth-order valence-corrected chi connectivity index (χ4v) is 3.97. The summed E-state index contributed by atoms with van der Waals surface area (Å²) < 4.78 is 5.55. The van der Waals surface area contributed by atoms with Gasteiger partial charge in [-0.2, -0.15) is 0 Å². The molecular weight excluding hydrogens is 330 g/mol. The molecule has 6 nitrogen and oxygen atoms in total. The quantitative estimate of drug-likeness (QED) is 0.809. The van der Waals surface area contributed by atoms with Crippen molar-refractivity contribution >= 4 is 11.8 Å². The summed E-state index contributed by atoms with van der Waals surface area (Å²) in [6.45, 7) is 1.64. The highest BCUT2D eigenvalue weighted by Crippen LogP contribution is 2.29. The van der Waals surface area contributed by atoms with Crippen molar-refractivity contribution in [3.63, 3.8) is 0 Å². The lowest BCUT2D eigenvalue weighted by atomic mass is 9.93. The highest BCUT2D eigenvalue weighted by Gasteiger charge is 2.37. The number of ether oxygens (including phenoxy) is 1. The van der Waals surface area contributed by atoms with Gasteiger partial charge in [0.2, 0.25) is 5.91 Å². The van der Waals surface area contributed by atoms with Gasteiger partial charge in [-0.25, -0.2) is 0 Å². The molecule has 1 saturated heterocycles. The summed E-state index contributed by atoms with van der Waals surface area (Å²) in [5.41, 5.74) is 5.68. The number of para-hydroxylation sites is 1. The van der Waals surface area contributed by atoms with Gasteiger partial charge in [-0.1, -0.05) is 31.0 Å². The van der Waals surface area contributed by atoms with Gasteiger partial charge in [-0.3, -0.25) is 9.59 Å². The van der Waals surface area contributed by atoms with E-state index in [0.29, 0.717) is 25.4 Å². The standard InChI is InChI=1S/C20H29N3O3/c21-15-20(10-4-5-11-20)22-19(25)16-7-6-12-23(13-16)18(24)14-26-17-8-2-1-3-9-17/h1-3,8-9,16H,4-7,10-15,21H2,(H,22,25). The predicted octanol–water partition coefficient (Wildman–Crippen LogP) is 1.69. The van der Waals surface area contributed by atoms with E-state index in [4.69, 9.17) is 10.5 Å². The smallest absolute Gasteiger partial charge is 0.260 e. The molecule has 0 aromatic heterocycles. The topological polar surface area (TPSA) is 84.7 Å². The van der Waals surface area contributed by atoms with Crippen molar-refractivity contribution in [3.05, 3.63) is 30.3 Å². The molecule has 0 bridgehead atoms. The van der Waals surface area contributed by atoms with Gasteiger partial charge >= 0.3 is 0 Å². The first-order valence-electron chi connectivity index (χ1n) is 9.60. The molecule has 0 spiro atoms. The number of nitrogens with one attached hydrogen (secondary N) is 1. The number of likely N-dealkylation sites (tertiary alicyclic amines) is 1. The number of carbonyl (C=O) groups is 2. The maximum absolute atomic E-state index is 12.7. The summed E-state index contributed by atoms with van der Waals surface area (Å²) in [5, 5.41) is 3.20. The average Bonchev–Trinajstić information content (AvgIpc) is 3.16. The van der Waals surface area contributed by atoms with Crippen LogP contribution in [0.25, 0.3) is 0 Å². The molecule has 2 aliphatic rings. The Morgan fingerprint density at radius 2 is 1.92 bits per heavy atom. The predicted molar refractivity (Wildman–Crippen MR) is 99.6 cm³/mol. The van der Waals surface area contributed by atoms with Crippen LogP contribution in [-0.4, -0.2) is 48.5 Å². The minimum atomic E-state index is -0.236. The van der Waals surface area contributed by atoms with Crippen LogP contribution in [0.5, 0.6) is 5.75 Å². The first-order chi connectivity index (χ1) is 12.6. The number of amides is 2. The van der Waals surface area contributed by atoms with E-state index in [-0.39, 0.29) is 29.9 Å². The van der Waals surface area contributed by atoms with E-state index in [1.807, 2.05) is 30.3 Å². The van der Waals surface area contributed by atoms with Crippen LogP contribution in [0.15, 0.2) is 30.3 Å². The lowest BCUT2D eigenvalue weighted by Gasteiger charge is -2.35. The van der Waals surface area contributed by atoms with Crippen molar-refractivity contribution in [2.75, 3.05) is 26.2 Å². The summed E-state index contributed by atoms with van der Waals surface area (Å²) in [5.74, 6) is 0.492. The number of nitrogens with zero attached hydrogens (tertiary/aromatic N) is 1. The first-order valence-corrected chi connectivity index (χ1v) is 9.60. The van der Waals surface area contributed by atoms with Gasteiger partial charge in [-0.05, 0) is 37.8 Å². The molecule has 3 N–H and O–H groups in total. The van der Waals surface area contributed by atoms with Gasteiger partial charge < -0.3 is 20.7 Å². The Hall–Kier alpha value is -2.08. The highest BCUT2D eigenvalue weighted by molar-refractivity contribution is 5.82. The first kappa shape index (κ1) is 18.7. The monoisotopic (exact) mass is 359 g/mol. The number of piperidine rings is 1. The second-order valence-electron chi connectivity index (χ2n) is 7.46. The molecule has 3 rings (SSSR count). The minimum absolute atomic E-state index is 0.00505. The van der Waals surface area contributed by atoms with E-state index in [9.17, 15) is 9.59 Å². The third-order valence-electron chi connectivity index (χ3n) is 5.59. The van der Waals surface area contributed by atoms with Gasteiger partial charge in [0, 0.05) is 19.6 Å². The number of hydrogen-bond donors (Lipinski definition) is 2. The van der Waals surface area contributed by atoms with Crippen LogP contribution in [0.4, 0.5) is 0 Å². The molecule has 1 aliphatic carbocycles. The number of nitrogens with two attached hydrogens (primary N) is 1. The molecule has 6 heteroatoms. The maximum atomic E-state index is 12.7. The summed E-state index contributed by atoms with van der Waals surface area (Å²) >= 11 is 0. The Kier molecular flexibility index (Phi) is 6.14. The van der Waals surface area contributed by atoms with E-state index in [1.165, 1.54) is 0 Å². The van der Waals surface area contributed by atoms with E-state index in [2.05, 4.69) is 5.32 Å². The molecule has 1 heterocycles. The van der Waals surface area contributed by atoms with Crippen molar-refractivity contribution < 1.29 is 14.3 Å². The van der Waals surface area contributed by atoms with Crippen LogP contribution in [0.2, 0.25) is 0 Å². The van der Waals surface area contributed by atoms with Crippen molar-refractivity contribution in [3.8, 4) is 5.75 Å². The third kappa shape index (κ3) is 4.55. The van der Waals surface area contributed by atoms with Crippen LogP contribution < -0.4 is 15.8 Å². The lowest BCUT2D eigenvalue weighted by Crippen LogP contribution is -2.55. The fraction of sp³-hybridized carbons (Fsp3) is 0.600. The molecule has 1 aromatic rings. The average molecular weight is 359 g/mol. The Bertz CT molecular complexity index is 614. The van der Waals surface area contributed by atoms with Gasteiger partial charge in [0.25, 0.3) is 5.91 Å². The third-order valence-corrected chi connectivity index (χ3v) is 5.59. The Morgan fingerprint density at radius 1 is 1.19 bits per heavy atom. The van der Waals surface area contributed by atoms with Crippen LogP contribution >= 0.6 is 0 Å². The normalized spacial score (nSPS) is 22.0. The number of rotatable bonds is 6. The molecule has 1 aliphatic heterocycles. The lowest BCUT2D eigenvalue weighted by molar-refractivity contribution is -0.137. The second-order valence-corrected chi connectivity index (χ2v) is 7.46.